The summed E-state index contributed by atoms with van der Waals surface area (Å²) in [5, 5.41) is 5.50. The van der Waals surface area contributed by atoms with Gasteiger partial charge < -0.3 is 4.74 Å². The van der Waals surface area contributed by atoms with Gasteiger partial charge in [0.05, 0.1) is 23.2 Å². The summed E-state index contributed by atoms with van der Waals surface area (Å²) in [6.45, 7) is 6.00. The number of fused-ring (bicyclic) bond motifs is 1. The van der Waals surface area contributed by atoms with E-state index in [1.807, 2.05) is 32.0 Å². The minimum atomic E-state index is -0.217. The van der Waals surface area contributed by atoms with E-state index in [0.29, 0.717) is 39.5 Å². The predicted octanol–water partition coefficient (Wildman–Crippen LogP) is 5.43. The number of aryl methyl sites for hydroxylation is 1. The van der Waals surface area contributed by atoms with Crippen molar-refractivity contribution in [3.8, 4) is 5.75 Å². The number of hydrogen-bond acceptors (Lipinski definition) is 4. The number of nitrogens with zero attached hydrogens (tertiary/aromatic N) is 3. The average molecular weight is 463 g/mol. The molecule has 0 aliphatic carbocycles. The highest BCUT2D eigenvalue weighted by Gasteiger charge is 2.11. The normalized spacial score (nSPS) is 12.6. The van der Waals surface area contributed by atoms with Gasteiger partial charge in [-0.2, -0.15) is 9.78 Å². The summed E-state index contributed by atoms with van der Waals surface area (Å²) in [5.74, 6) is 1.26. The van der Waals surface area contributed by atoms with Crippen LogP contribution in [0.15, 0.2) is 50.8 Å². The molecule has 0 aliphatic rings. The molecule has 1 aromatic heterocycles. The maximum absolute atomic E-state index is 13.0. The standard InChI is InChI=1S/C21H21BrClN3O2/c1-4-13(3)28-19-9-7-16(23)10-14(19)12-24-26-20(5-2)25-18-8-6-15(22)11-17(18)21(26)27/h6-13H,4-5H2,1-3H3/t13-/m1/s1. The molecule has 28 heavy (non-hydrogen) atoms. The second-order valence-electron chi connectivity index (χ2n) is 6.42. The quantitative estimate of drug-likeness (QED) is 0.459. The Morgan fingerprint density at radius 2 is 2.07 bits per heavy atom. The van der Waals surface area contributed by atoms with Gasteiger partial charge >= 0.3 is 0 Å². The van der Waals surface area contributed by atoms with Gasteiger partial charge in [-0.05, 0) is 49.7 Å². The van der Waals surface area contributed by atoms with Crippen LogP contribution >= 0.6 is 27.5 Å². The number of aromatic nitrogens is 2. The Kier molecular flexibility index (Phi) is 6.52. The van der Waals surface area contributed by atoms with Crippen LogP contribution in [0.25, 0.3) is 10.9 Å². The summed E-state index contributed by atoms with van der Waals surface area (Å²) in [5.41, 5.74) is 1.14. The van der Waals surface area contributed by atoms with E-state index in [-0.39, 0.29) is 11.7 Å². The first-order chi connectivity index (χ1) is 13.4. The van der Waals surface area contributed by atoms with E-state index in [2.05, 4.69) is 32.9 Å². The van der Waals surface area contributed by atoms with Gasteiger partial charge in [0, 0.05) is 21.5 Å². The molecular formula is C21H21BrClN3O2. The van der Waals surface area contributed by atoms with Crippen LogP contribution in [0.2, 0.25) is 5.02 Å². The summed E-state index contributed by atoms with van der Waals surface area (Å²) in [7, 11) is 0. The second-order valence-corrected chi connectivity index (χ2v) is 7.78. The van der Waals surface area contributed by atoms with Gasteiger partial charge in [-0.3, -0.25) is 4.79 Å². The topological polar surface area (TPSA) is 56.5 Å². The summed E-state index contributed by atoms with van der Waals surface area (Å²) in [4.78, 5) is 17.6. The van der Waals surface area contributed by atoms with E-state index in [1.54, 1.807) is 24.4 Å². The van der Waals surface area contributed by atoms with Gasteiger partial charge in [0.2, 0.25) is 0 Å². The molecule has 0 N–H and O–H groups in total. The molecule has 0 bridgehead atoms. The maximum Gasteiger partial charge on any atom is 0.282 e. The Morgan fingerprint density at radius 1 is 1.29 bits per heavy atom. The van der Waals surface area contributed by atoms with E-state index in [1.165, 1.54) is 4.68 Å². The first-order valence-electron chi connectivity index (χ1n) is 9.14. The van der Waals surface area contributed by atoms with Crippen molar-refractivity contribution in [1.82, 2.24) is 9.66 Å². The van der Waals surface area contributed by atoms with Crippen molar-refractivity contribution in [2.75, 3.05) is 0 Å². The molecule has 0 amide bonds. The van der Waals surface area contributed by atoms with Crippen molar-refractivity contribution in [1.29, 1.82) is 0 Å². The van der Waals surface area contributed by atoms with Crippen LogP contribution in [0, 0.1) is 0 Å². The van der Waals surface area contributed by atoms with Crippen molar-refractivity contribution in [3.63, 3.8) is 0 Å². The molecule has 0 saturated heterocycles. The molecule has 1 heterocycles. The van der Waals surface area contributed by atoms with Crippen LogP contribution in [0.3, 0.4) is 0 Å². The van der Waals surface area contributed by atoms with Crippen LogP contribution in [-0.4, -0.2) is 22.0 Å². The zero-order valence-electron chi connectivity index (χ0n) is 15.9. The van der Waals surface area contributed by atoms with Crippen LogP contribution in [-0.2, 0) is 6.42 Å². The van der Waals surface area contributed by atoms with Crippen molar-refractivity contribution in [2.45, 2.75) is 39.7 Å². The highest BCUT2D eigenvalue weighted by atomic mass is 79.9. The fourth-order valence-corrected chi connectivity index (χ4v) is 3.23. The predicted molar refractivity (Wildman–Crippen MR) is 118 cm³/mol. The molecule has 0 fully saturated rings. The zero-order chi connectivity index (χ0) is 20.3. The van der Waals surface area contributed by atoms with Gasteiger partial charge in [0.1, 0.15) is 11.6 Å². The summed E-state index contributed by atoms with van der Waals surface area (Å²) in [6.07, 6.45) is 3.10. The average Bonchev–Trinajstić information content (AvgIpc) is 2.69. The third-order valence-corrected chi connectivity index (χ3v) is 5.11. The fraction of sp³-hybridized carbons (Fsp3) is 0.286. The number of hydrogen-bond donors (Lipinski definition) is 0. The molecule has 0 radical (unpaired) electrons. The Bertz CT molecular complexity index is 1090. The van der Waals surface area contributed by atoms with Crippen LogP contribution in [0.4, 0.5) is 0 Å². The largest absolute Gasteiger partial charge is 0.490 e. The Labute approximate surface area is 177 Å². The van der Waals surface area contributed by atoms with E-state index < -0.39 is 0 Å². The van der Waals surface area contributed by atoms with E-state index in [9.17, 15) is 4.79 Å². The van der Waals surface area contributed by atoms with Crippen LogP contribution in [0.1, 0.15) is 38.6 Å². The van der Waals surface area contributed by atoms with Crippen molar-refractivity contribution >= 4 is 44.6 Å². The molecule has 0 saturated carbocycles. The first-order valence-corrected chi connectivity index (χ1v) is 10.3. The first kappa shape index (κ1) is 20.6. The summed E-state index contributed by atoms with van der Waals surface area (Å²) >= 11 is 9.56. The van der Waals surface area contributed by atoms with E-state index in [4.69, 9.17) is 16.3 Å². The Morgan fingerprint density at radius 3 is 2.79 bits per heavy atom. The molecule has 0 spiro atoms. The lowest BCUT2D eigenvalue weighted by atomic mass is 10.2. The lowest BCUT2D eigenvalue weighted by Gasteiger charge is -2.15. The lowest BCUT2D eigenvalue weighted by molar-refractivity contribution is 0.217. The molecule has 7 heteroatoms. The molecular weight excluding hydrogens is 442 g/mol. The second kappa shape index (κ2) is 8.88. The zero-order valence-corrected chi connectivity index (χ0v) is 18.3. The molecule has 3 rings (SSSR count). The van der Waals surface area contributed by atoms with Gasteiger partial charge in [-0.15, -0.1) is 0 Å². The van der Waals surface area contributed by atoms with Gasteiger partial charge in [0.15, 0.2) is 0 Å². The summed E-state index contributed by atoms with van der Waals surface area (Å²) < 4.78 is 8.11. The van der Waals surface area contributed by atoms with E-state index >= 15 is 0 Å². The highest BCUT2D eigenvalue weighted by Crippen LogP contribution is 2.23. The Hall–Kier alpha value is -2.18. The van der Waals surface area contributed by atoms with Crippen LogP contribution in [0.5, 0.6) is 5.75 Å². The third-order valence-electron chi connectivity index (χ3n) is 4.38. The molecule has 146 valence electrons. The van der Waals surface area contributed by atoms with Gasteiger partial charge in [-0.1, -0.05) is 41.4 Å². The number of benzene rings is 2. The highest BCUT2D eigenvalue weighted by molar-refractivity contribution is 9.10. The molecule has 0 unspecified atom stereocenters. The molecule has 3 aromatic rings. The smallest absolute Gasteiger partial charge is 0.282 e. The molecule has 5 nitrogen and oxygen atoms in total. The Balaban J connectivity index is 2.10. The molecule has 1 atom stereocenters. The minimum Gasteiger partial charge on any atom is -0.490 e. The maximum atomic E-state index is 13.0. The number of ether oxygens (including phenoxy) is 1. The number of halogens is 2. The summed E-state index contributed by atoms with van der Waals surface area (Å²) in [6, 6.07) is 10.8. The van der Waals surface area contributed by atoms with E-state index in [0.717, 1.165) is 10.9 Å². The monoisotopic (exact) mass is 461 g/mol. The minimum absolute atomic E-state index is 0.0573. The van der Waals surface area contributed by atoms with Gasteiger partial charge in [-0.25, -0.2) is 4.98 Å². The van der Waals surface area contributed by atoms with Gasteiger partial charge in [0.25, 0.3) is 5.56 Å². The van der Waals surface area contributed by atoms with Crippen LogP contribution < -0.4 is 10.3 Å². The third kappa shape index (κ3) is 4.45. The van der Waals surface area contributed by atoms with Crippen molar-refractivity contribution in [3.05, 3.63) is 67.6 Å². The van der Waals surface area contributed by atoms with Crippen molar-refractivity contribution < 1.29 is 4.74 Å². The molecule has 0 aliphatic heterocycles. The fourth-order valence-electron chi connectivity index (χ4n) is 2.69. The lowest BCUT2D eigenvalue weighted by Crippen LogP contribution is -2.22. The van der Waals surface area contributed by atoms with Crippen molar-refractivity contribution in [2.24, 2.45) is 5.10 Å². The number of rotatable bonds is 6. The molecule has 2 aromatic carbocycles. The SMILES string of the molecule is CCc1nc2ccc(Br)cc2c(=O)n1N=Cc1cc(Cl)ccc1O[C@H](C)CC.